The van der Waals surface area contributed by atoms with Crippen molar-refractivity contribution in [1.29, 1.82) is 0 Å². The smallest absolute Gasteiger partial charge is 0.336 e. The minimum Gasteiger partial charge on any atom is -0.336 e. The van der Waals surface area contributed by atoms with Crippen LogP contribution in [0.3, 0.4) is 0 Å². The van der Waals surface area contributed by atoms with Crippen molar-refractivity contribution in [1.82, 2.24) is 14.7 Å². The van der Waals surface area contributed by atoms with Gasteiger partial charge in [-0.05, 0) is 56.2 Å². The van der Waals surface area contributed by atoms with E-state index < -0.39 is 11.9 Å². The second kappa shape index (κ2) is 6.69. The predicted molar refractivity (Wildman–Crippen MR) is 94.6 cm³/mol. The maximum absolute atomic E-state index is 13.4. The molecule has 1 amide bonds. The molecule has 1 aliphatic heterocycles. The van der Waals surface area contributed by atoms with Gasteiger partial charge in [-0.1, -0.05) is 12.1 Å². The van der Waals surface area contributed by atoms with E-state index in [0.29, 0.717) is 29.8 Å². The van der Waals surface area contributed by atoms with Crippen molar-refractivity contribution in [2.24, 2.45) is 0 Å². The van der Waals surface area contributed by atoms with Crippen LogP contribution >= 0.6 is 0 Å². The Labute approximate surface area is 156 Å². The van der Waals surface area contributed by atoms with Gasteiger partial charge in [0.2, 0.25) is 5.91 Å². The summed E-state index contributed by atoms with van der Waals surface area (Å²) >= 11 is 0. The Morgan fingerprint density at radius 3 is 2.48 bits per heavy atom. The largest absolute Gasteiger partial charge is 0.435 e. The molecule has 0 radical (unpaired) electrons. The molecule has 2 heterocycles. The van der Waals surface area contributed by atoms with Gasteiger partial charge in [0.25, 0.3) is 0 Å². The summed E-state index contributed by atoms with van der Waals surface area (Å²) in [6.45, 7) is 2.32. The number of hydrogen-bond acceptors (Lipinski definition) is 2. The summed E-state index contributed by atoms with van der Waals surface area (Å²) in [5.74, 6) is 0.0533. The molecule has 2 aliphatic rings. The van der Waals surface area contributed by atoms with Crippen LogP contribution in [-0.2, 0) is 23.8 Å². The summed E-state index contributed by atoms with van der Waals surface area (Å²) in [5.41, 5.74) is 1.92. The van der Waals surface area contributed by atoms with E-state index in [4.69, 9.17) is 0 Å². The molecule has 0 bridgehead atoms. The third kappa shape index (κ3) is 3.24. The van der Waals surface area contributed by atoms with Gasteiger partial charge >= 0.3 is 6.18 Å². The summed E-state index contributed by atoms with van der Waals surface area (Å²) in [4.78, 5) is 13.6. The number of carbonyl (C=O) groups is 1. The first-order valence-electron chi connectivity index (χ1n) is 9.42. The van der Waals surface area contributed by atoms with Crippen LogP contribution in [0.2, 0.25) is 0 Å². The van der Waals surface area contributed by atoms with Crippen molar-refractivity contribution in [3.8, 4) is 5.69 Å². The van der Waals surface area contributed by atoms with E-state index in [1.165, 1.54) is 4.68 Å². The fraction of sp³-hybridized carbons (Fsp3) is 0.500. The lowest BCUT2D eigenvalue weighted by Gasteiger charge is -2.24. The van der Waals surface area contributed by atoms with Crippen LogP contribution in [0.15, 0.2) is 24.3 Å². The molecule has 4 nitrogen and oxygen atoms in total. The zero-order chi connectivity index (χ0) is 19.2. The lowest BCUT2D eigenvalue weighted by Crippen LogP contribution is -2.28. The van der Waals surface area contributed by atoms with E-state index >= 15 is 0 Å². The molecular formula is C20H22F3N3O. The topological polar surface area (TPSA) is 38.1 Å². The number of alkyl halides is 3. The van der Waals surface area contributed by atoms with Gasteiger partial charge in [-0.15, -0.1) is 0 Å². The molecule has 1 fully saturated rings. The van der Waals surface area contributed by atoms with Crippen LogP contribution in [-0.4, -0.2) is 27.1 Å². The number of carbonyl (C=O) groups excluding carboxylic acids is 1. The number of rotatable bonds is 2. The fourth-order valence-corrected chi connectivity index (χ4v) is 4.37. The van der Waals surface area contributed by atoms with Crippen LogP contribution < -0.4 is 0 Å². The third-order valence-electron chi connectivity index (χ3n) is 5.63. The molecule has 27 heavy (non-hydrogen) atoms. The highest BCUT2D eigenvalue weighted by Gasteiger charge is 2.39. The van der Waals surface area contributed by atoms with E-state index in [1.807, 2.05) is 29.2 Å². The molecule has 0 saturated carbocycles. The van der Waals surface area contributed by atoms with Crippen molar-refractivity contribution in [3.63, 3.8) is 0 Å². The van der Waals surface area contributed by atoms with Crippen molar-refractivity contribution in [2.45, 2.75) is 57.7 Å². The van der Waals surface area contributed by atoms with E-state index in [2.05, 4.69) is 5.10 Å². The predicted octanol–water partition coefficient (Wildman–Crippen LogP) is 4.45. The maximum Gasteiger partial charge on any atom is 0.435 e. The monoisotopic (exact) mass is 377 g/mol. The fourth-order valence-electron chi connectivity index (χ4n) is 4.37. The molecule has 7 heteroatoms. The number of benzene rings is 1. The molecule has 4 rings (SSSR count). The number of aromatic nitrogens is 2. The first kappa shape index (κ1) is 18.1. The Balaban J connectivity index is 1.69. The Morgan fingerprint density at radius 2 is 1.81 bits per heavy atom. The van der Waals surface area contributed by atoms with E-state index in [-0.39, 0.29) is 11.9 Å². The lowest BCUT2D eigenvalue weighted by atomic mass is 9.95. The molecule has 2 aromatic rings. The van der Waals surface area contributed by atoms with E-state index in [0.717, 1.165) is 37.8 Å². The third-order valence-corrected chi connectivity index (χ3v) is 5.63. The van der Waals surface area contributed by atoms with Crippen molar-refractivity contribution in [2.75, 3.05) is 6.54 Å². The highest BCUT2D eigenvalue weighted by Crippen LogP contribution is 2.37. The van der Waals surface area contributed by atoms with Gasteiger partial charge in [0.15, 0.2) is 5.69 Å². The molecule has 1 atom stereocenters. The second-order valence-corrected chi connectivity index (χ2v) is 7.35. The van der Waals surface area contributed by atoms with Gasteiger partial charge in [-0.3, -0.25) is 4.79 Å². The molecule has 1 saturated heterocycles. The lowest BCUT2D eigenvalue weighted by molar-refractivity contribution is -0.142. The molecular weight excluding hydrogens is 355 g/mol. The average molecular weight is 377 g/mol. The first-order valence-corrected chi connectivity index (χ1v) is 9.42. The summed E-state index contributed by atoms with van der Waals surface area (Å²) in [6.07, 6.45) is 0.131. The standard InChI is InChI=1S/C20H22F3N3O/c1-13(27)25-12-4-7-17(25)14-8-10-15(11-9-14)26-18-6-3-2-5-16(18)19(24-26)20(21,22)23/h8-11,17H,2-7,12H2,1H3. The Morgan fingerprint density at radius 1 is 1.11 bits per heavy atom. The highest BCUT2D eigenvalue weighted by molar-refractivity contribution is 5.74. The molecule has 0 N–H and O–H groups in total. The minimum atomic E-state index is -4.43. The van der Waals surface area contributed by atoms with Crippen LogP contribution in [0.1, 0.15) is 61.2 Å². The zero-order valence-corrected chi connectivity index (χ0v) is 15.2. The van der Waals surface area contributed by atoms with Crippen molar-refractivity contribution < 1.29 is 18.0 Å². The number of hydrogen-bond donors (Lipinski definition) is 0. The number of fused-ring (bicyclic) bond motifs is 1. The van der Waals surface area contributed by atoms with Crippen LogP contribution in [0, 0.1) is 0 Å². The quantitative estimate of drug-likeness (QED) is 0.775. The van der Waals surface area contributed by atoms with Crippen molar-refractivity contribution >= 4 is 5.91 Å². The van der Waals surface area contributed by atoms with Crippen molar-refractivity contribution in [3.05, 3.63) is 46.8 Å². The minimum absolute atomic E-state index is 0.0498. The Kier molecular flexibility index (Phi) is 4.48. The molecule has 1 aromatic heterocycles. The van der Waals surface area contributed by atoms with E-state index in [1.54, 1.807) is 6.92 Å². The van der Waals surface area contributed by atoms with Gasteiger partial charge in [-0.25, -0.2) is 4.68 Å². The molecule has 1 unspecified atom stereocenters. The average Bonchev–Trinajstić information content (AvgIpc) is 3.27. The Hall–Kier alpha value is -2.31. The van der Waals surface area contributed by atoms with Crippen LogP contribution in [0.25, 0.3) is 5.69 Å². The first-order chi connectivity index (χ1) is 12.9. The highest BCUT2D eigenvalue weighted by atomic mass is 19.4. The molecule has 144 valence electrons. The van der Waals surface area contributed by atoms with Gasteiger partial charge in [-0.2, -0.15) is 18.3 Å². The van der Waals surface area contributed by atoms with Crippen LogP contribution in [0.4, 0.5) is 13.2 Å². The van der Waals surface area contributed by atoms with Crippen LogP contribution in [0.5, 0.6) is 0 Å². The SMILES string of the molecule is CC(=O)N1CCCC1c1ccc(-n2nc(C(F)(F)F)c3c2CCCC3)cc1. The number of halogens is 3. The normalized spacial score (nSPS) is 20.0. The zero-order valence-electron chi connectivity index (χ0n) is 15.2. The molecule has 1 aromatic carbocycles. The van der Waals surface area contributed by atoms with Gasteiger partial charge < -0.3 is 4.90 Å². The summed E-state index contributed by atoms with van der Waals surface area (Å²) in [7, 11) is 0. The second-order valence-electron chi connectivity index (χ2n) is 7.35. The van der Waals surface area contributed by atoms with Gasteiger partial charge in [0.05, 0.1) is 11.7 Å². The number of amides is 1. The summed E-state index contributed by atoms with van der Waals surface area (Å²) in [6, 6.07) is 7.49. The summed E-state index contributed by atoms with van der Waals surface area (Å²) in [5, 5.41) is 3.93. The van der Waals surface area contributed by atoms with Gasteiger partial charge in [0.1, 0.15) is 0 Å². The maximum atomic E-state index is 13.4. The molecule has 1 aliphatic carbocycles. The number of nitrogens with zero attached hydrogens (tertiary/aromatic N) is 3. The van der Waals surface area contributed by atoms with E-state index in [9.17, 15) is 18.0 Å². The van der Waals surface area contributed by atoms with Gasteiger partial charge in [0, 0.05) is 24.7 Å². The Bertz CT molecular complexity index is 855. The molecule has 0 spiro atoms. The number of likely N-dealkylation sites (tertiary alicyclic amines) is 1. The summed E-state index contributed by atoms with van der Waals surface area (Å²) < 4.78 is 41.6.